The summed E-state index contributed by atoms with van der Waals surface area (Å²) in [7, 11) is 3.83. The normalized spacial score (nSPS) is 18.8. The average Bonchev–Trinajstić information content (AvgIpc) is 3.08. The van der Waals surface area contributed by atoms with Crippen molar-refractivity contribution in [3.63, 3.8) is 0 Å². The molecule has 0 bridgehead atoms. The Morgan fingerprint density at radius 3 is 2.75 bits per heavy atom. The number of aryl methyl sites for hydroxylation is 3. The molecule has 2 aromatic heterocycles. The van der Waals surface area contributed by atoms with E-state index in [1.165, 1.54) is 0 Å². The predicted molar refractivity (Wildman–Crippen MR) is 74.4 cm³/mol. The van der Waals surface area contributed by atoms with Gasteiger partial charge in [0.2, 0.25) is 0 Å². The number of imidazole rings is 1. The molecule has 0 radical (unpaired) electrons. The van der Waals surface area contributed by atoms with Crippen LogP contribution in [-0.4, -0.2) is 43.2 Å². The molecule has 3 heterocycles. The molecule has 1 unspecified atom stereocenters. The van der Waals surface area contributed by atoms with Gasteiger partial charge in [-0.2, -0.15) is 5.10 Å². The Balaban J connectivity index is 1.73. The third-order valence-electron chi connectivity index (χ3n) is 3.83. The van der Waals surface area contributed by atoms with Crippen molar-refractivity contribution in [1.82, 2.24) is 24.2 Å². The molecule has 0 N–H and O–H groups in total. The topological polar surface area (TPSA) is 56.0 Å². The number of amides is 1. The fourth-order valence-corrected chi connectivity index (χ4v) is 2.88. The van der Waals surface area contributed by atoms with E-state index in [0.29, 0.717) is 11.5 Å². The first-order valence-corrected chi connectivity index (χ1v) is 6.82. The maximum atomic E-state index is 12.4. The lowest BCUT2D eigenvalue weighted by Gasteiger charge is -2.15. The van der Waals surface area contributed by atoms with Gasteiger partial charge in [0.15, 0.2) is 0 Å². The number of hydrogen-bond donors (Lipinski definition) is 0. The molecular formula is C14H19N5O. The van der Waals surface area contributed by atoms with E-state index in [1.54, 1.807) is 17.1 Å². The first-order valence-electron chi connectivity index (χ1n) is 6.82. The number of nitrogens with zero attached hydrogens (tertiary/aromatic N) is 5. The van der Waals surface area contributed by atoms with Crippen molar-refractivity contribution in [2.24, 2.45) is 14.1 Å². The first kappa shape index (κ1) is 12.9. The van der Waals surface area contributed by atoms with Gasteiger partial charge in [0, 0.05) is 45.5 Å². The van der Waals surface area contributed by atoms with Gasteiger partial charge in [-0.3, -0.25) is 9.48 Å². The van der Waals surface area contributed by atoms with Gasteiger partial charge in [0.05, 0.1) is 17.5 Å². The van der Waals surface area contributed by atoms with Crippen molar-refractivity contribution in [3.05, 3.63) is 35.7 Å². The number of carbonyl (C=O) groups is 1. The zero-order valence-corrected chi connectivity index (χ0v) is 12.1. The quantitative estimate of drug-likeness (QED) is 0.823. The largest absolute Gasteiger partial charge is 0.338 e. The molecule has 1 fully saturated rings. The molecule has 0 aliphatic carbocycles. The van der Waals surface area contributed by atoms with Crippen molar-refractivity contribution in [3.8, 4) is 0 Å². The Morgan fingerprint density at radius 1 is 1.35 bits per heavy atom. The predicted octanol–water partition coefficient (Wildman–Crippen LogP) is 1.09. The summed E-state index contributed by atoms with van der Waals surface area (Å²) in [6.45, 7) is 3.51. The molecule has 3 rings (SSSR count). The Kier molecular flexibility index (Phi) is 3.08. The van der Waals surface area contributed by atoms with E-state index in [1.807, 2.05) is 32.1 Å². The number of hydrogen-bond acceptors (Lipinski definition) is 3. The van der Waals surface area contributed by atoms with Crippen molar-refractivity contribution in [2.45, 2.75) is 19.3 Å². The van der Waals surface area contributed by atoms with Gasteiger partial charge in [-0.25, -0.2) is 4.98 Å². The standard InChI is InChI=1S/C14H19N5O/c1-10-7-17(2)13(16-10)11-4-5-19(9-11)14(20)12-6-15-18(3)8-12/h6-8,11H,4-5,9H2,1-3H3. The van der Waals surface area contributed by atoms with Crippen molar-refractivity contribution in [1.29, 1.82) is 0 Å². The third kappa shape index (κ3) is 2.21. The van der Waals surface area contributed by atoms with Gasteiger partial charge in [0.1, 0.15) is 5.82 Å². The molecule has 1 atom stereocenters. The smallest absolute Gasteiger partial charge is 0.257 e. The molecule has 2 aromatic rings. The van der Waals surface area contributed by atoms with Crippen LogP contribution in [0, 0.1) is 6.92 Å². The summed E-state index contributed by atoms with van der Waals surface area (Å²) >= 11 is 0. The lowest BCUT2D eigenvalue weighted by molar-refractivity contribution is 0.0790. The zero-order valence-electron chi connectivity index (χ0n) is 12.1. The highest BCUT2D eigenvalue weighted by Gasteiger charge is 2.30. The Hall–Kier alpha value is -2.11. The summed E-state index contributed by atoms with van der Waals surface area (Å²) in [5.74, 6) is 1.46. The van der Waals surface area contributed by atoms with Crippen LogP contribution in [0.4, 0.5) is 0 Å². The van der Waals surface area contributed by atoms with Crippen LogP contribution in [0.2, 0.25) is 0 Å². The molecular weight excluding hydrogens is 254 g/mol. The van der Waals surface area contributed by atoms with Crippen LogP contribution in [0.3, 0.4) is 0 Å². The van der Waals surface area contributed by atoms with Gasteiger partial charge < -0.3 is 9.47 Å². The molecule has 1 aliphatic rings. The minimum Gasteiger partial charge on any atom is -0.338 e. The molecule has 0 saturated carbocycles. The van der Waals surface area contributed by atoms with Gasteiger partial charge in [-0.15, -0.1) is 0 Å². The van der Waals surface area contributed by atoms with E-state index in [2.05, 4.69) is 14.6 Å². The minimum atomic E-state index is 0.0616. The van der Waals surface area contributed by atoms with E-state index in [9.17, 15) is 4.79 Å². The van der Waals surface area contributed by atoms with E-state index >= 15 is 0 Å². The van der Waals surface area contributed by atoms with Gasteiger partial charge >= 0.3 is 0 Å². The average molecular weight is 273 g/mol. The van der Waals surface area contributed by atoms with E-state index in [-0.39, 0.29) is 5.91 Å². The second-order valence-corrected chi connectivity index (χ2v) is 5.49. The number of carbonyl (C=O) groups excluding carboxylic acids is 1. The Morgan fingerprint density at radius 2 is 2.15 bits per heavy atom. The van der Waals surface area contributed by atoms with Crippen LogP contribution in [0.15, 0.2) is 18.6 Å². The monoisotopic (exact) mass is 273 g/mol. The van der Waals surface area contributed by atoms with Crippen molar-refractivity contribution < 1.29 is 4.79 Å². The Labute approximate surface area is 118 Å². The van der Waals surface area contributed by atoms with Crippen LogP contribution in [-0.2, 0) is 14.1 Å². The number of rotatable bonds is 2. The SMILES string of the molecule is Cc1cn(C)c(C2CCN(C(=O)c3cnn(C)c3)C2)n1. The summed E-state index contributed by atoms with van der Waals surface area (Å²) in [5.41, 5.74) is 1.68. The summed E-state index contributed by atoms with van der Waals surface area (Å²) in [4.78, 5) is 18.8. The molecule has 1 aliphatic heterocycles. The highest BCUT2D eigenvalue weighted by atomic mass is 16.2. The fraction of sp³-hybridized carbons (Fsp3) is 0.500. The van der Waals surface area contributed by atoms with Crippen LogP contribution >= 0.6 is 0 Å². The second kappa shape index (κ2) is 4.77. The lowest BCUT2D eigenvalue weighted by Crippen LogP contribution is -2.28. The molecule has 1 amide bonds. The van der Waals surface area contributed by atoms with E-state index < -0.39 is 0 Å². The highest BCUT2D eigenvalue weighted by molar-refractivity contribution is 5.93. The molecule has 1 saturated heterocycles. The third-order valence-corrected chi connectivity index (χ3v) is 3.83. The van der Waals surface area contributed by atoms with Crippen LogP contribution in [0.1, 0.15) is 34.2 Å². The molecule has 6 heteroatoms. The van der Waals surface area contributed by atoms with E-state index in [4.69, 9.17) is 0 Å². The summed E-state index contributed by atoms with van der Waals surface area (Å²) in [6, 6.07) is 0. The maximum absolute atomic E-state index is 12.4. The first-order chi connectivity index (χ1) is 9.54. The summed E-state index contributed by atoms with van der Waals surface area (Å²) in [6.07, 6.45) is 6.39. The summed E-state index contributed by atoms with van der Waals surface area (Å²) < 4.78 is 3.72. The molecule has 6 nitrogen and oxygen atoms in total. The molecule has 0 spiro atoms. The fourth-order valence-electron chi connectivity index (χ4n) is 2.88. The van der Waals surface area contributed by atoms with E-state index in [0.717, 1.165) is 31.0 Å². The summed E-state index contributed by atoms with van der Waals surface area (Å²) in [5, 5.41) is 4.06. The van der Waals surface area contributed by atoms with Gasteiger partial charge in [-0.1, -0.05) is 0 Å². The zero-order chi connectivity index (χ0) is 14.3. The van der Waals surface area contributed by atoms with Crippen LogP contribution in [0.25, 0.3) is 0 Å². The number of likely N-dealkylation sites (tertiary alicyclic amines) is 1. The minimum absolute atomic E-state index is 0.0616. The second-order valence-electron chi connectivity index (χ2n) is 5.49. The van der Waals surface area contributed by atoms with Gasteiger partial charge in [0.25, 0.3) is 5.91 Å². The lowest BCUT2D eigenvalue weighted by atomic mass is 10.1. The number of aromatic nitrogens is 4. The van der Waals surface area contributed by atoms with Crippen molar-refractivity contribution in [2.75, 3.05) is 13.1 Å². The molecule has 106 valence electrons. The Bertz CT molecular complexity index is 642. The molecule has 0 aromatic carbocycles. The van der Waals surface area contributed by atoms with Gasteiger partial charge in [-0.05, 0) is 13.3 Å². The highest BCUT2D eigenvalue weighted by Crippen LogP contribution is 2.27. The van der Waals surface area contributed by atoms with Crippen molar-refractivity contribution >= 4 is 5.91 Å². The maximum Gasteiger partial charge on any atom is 0.257 e. The molecule has 20 heavy (non-hydrogen) atoms. The van der Waals surface area contributed by atoms with Crippen LogP contribution < -0.4 is 0 Å². The van der Waals surface area contributed by atoms with Crippen LogP contribution in [0.5, 0.6) is 0 Å².